The van der Waals surface area contributed by atoms with Crippen LogP contribution in [-0.2, 0) is 0 Å². The molecule has 1 aliphatic carbocycles. The first kappa shape index (κ1) is 18.9. The summed E-state index contributed by atoms with van der Waals surface area (Å²) >= 11 is 9.62. The molecule has 1 aromatic carbocycles. The molecule has 2 aromatic rings. The molecule has 0 saturated heterocycles. The van der Waals surface area contributed by atoms with E-state index in [1.165, 1.54) is 0 Å². The van der Waals surface area contributed by atoms with E-state index in [9.17, 15) is 0 Å². The zero-order chi connectivity index (χ0) is 18.1. The highest BCUT2D eigenvalue weighted by Crippen LogP contribution is 2.39. The Balaban J connectivity index is 2.02. The van der Waals surface area contributed by atoms with Crippen molar-refractivity contribution in [1.29, 1.82) is 0 Å². The number of halogens is 3. The normalized spacial score (nSPS) is 21.1. The minimum atomic E-state index is -0.216. The number of aromatic nitrogens is 1. The molecule has 0 unspecified atom stereocenters. The highest BCUT2D eigenvalue weighted by atomic mass is 79.9. The Hall–Kier alpha value is -0.910. The number of nitrogens with zero attached hydrogens (tertiary/aromatic N) is 3. The fourth-order valence-electron chi connectivity index (χ4n) is 3.98. The molecule has 0 radical (unpaired) electrons. The molecule has 3 rings (SSSR count). The van der Waals surface area contributed by atoms with Gasteiger partial charge >= 0.3 is 0 Å². The van der Waals surface area contributed by atoms with Crippen LogP contribution in [0.3, 0.4) is 0 Å². The van der Waals surface area contributed by atoms with Crippen LogP contribution in [0.1, 0.15) is 32.6 Å². The molecule has 1 saturated carbocycles. The Labute approximate surface area is 162 Å². The van der Waals surface area contributed by atoms with Crippen LogP contribution in [0.15, 0.2) is 22.8 Å². The van der Waals surface area contributed by atoms with Crippen molar-refractivity contribution in [3.05, 3.63) is 33.8 Å². The first-order valence-corrected chi connectivity index (χ1v) is 9.96. The van der Waals surface area contributed by atoms with Gasteiger partial charge in [-0.2, -0.15) is 0 Å². The van der Waals surface area contributed by atoms with Gasteiger partial charge in [0.25, 0.3) is 0 Å². The van der Waals surface area contributed by atoms with Crippen molar-refractivity contribution < 1.29 is 4.39 Å². The van der Waals surface area contributed by atoms with Crippen LogP contribution in [0.2, 0.25) is 5.15 Å². The van der Waals surface area contributed by atoms with E-state index in [1.807, 2.05) is 6.07 Å². The van der Waals surface area contributed by atoms with Gasteiger partial charge < -0.3 is 9.80 Å². The maximum absolute atomic E-state index is 15.1. The van der Waals surface area contributed by atoms with Crippen LogP contribution in [0.5, 0.6) is 0 Å². The lowest BCUT2D eigenvalue weighted by Crippen LogP contribution is -2.42. The smallest absolute Gasteiger partial charge is 0.161 e. The molecule has 0 atom stereocenters. The SMILES string of the molecule is CCN(c1c(F)c(Br)cc2c(Cl)nccc12)[C@H]1CC[C@H](N(C)C)CC1. The van der Waals surface area contributed by atoms with Crippen molar-refractivity contribution in [3.63, 3.8) is 0 Å². The van der Waals surface area contributed by atoms with Crippen molar-refractivity contribution >= 4 is 44.0 Å². The topological polar surface area (TPSA) is 19.4 Å². The van der Waals surface area contributed by atoms with Crippen LogP contribution < -0.4 is 4.90 Å². The molecule has 3 nitrogen and oxygen atoms in total. The summed E-state index contributed by atoms with van der Waals surface area (Å²) < 4.78 is 15.5. The Kier molecular flexibility index (Phi) is 5.86. The molecule has 1 fully saturated rings. The predicted octanol–water partition coefficient (Wildman–Crippen LogP) is 5.49. The second kappa shape index (κ2) is 7.77. The third-order valence-electron chi connectivity index (χ3n) is 5.35. The van der Waals surface area contributed by atoms with Crippen LogP contribution in [-0.4, -0.2) is 42.6 Å². The number of pyridine rings is 1. The zero-order valence-electron chi connectivity index (χ0n) is 14.9. The summed E-state index contributed by atoms with van der Waals surface area (Å²) in [5.74, 6) is -0.216. The molecule has 0 spiro atoms. The van der Waals surface area contributed by atoms with Gasteiger partial charge in [-0.25, -0.2) is 9.37 Å². The summed E-state index contributed by atoms with van der Waals surface area (Å²) in [6, 6.07) is 4.55. The Morgan fingerprint density at radius 2 is 1.84 bits per heavy atom. The van der Waals surface area contributed by atoms with Gasteiger partial charge in [-0.1, -0.05) is 11.6 Å². The third kappa shape index (κ3) is 3.64. The first-order valence-electron chi connectivity index (χ1n) is 8.79. The van der Waals surface area contributed by atoms with E-state index in [-0.39, 0.29) is 5.82 Å². The fourth-order valence-corrected chi connectivity index (χ4v) is 4.61. The van der Waals surface area contributed by atoms with Crippen molar-refractivity contribution in [2.45, 2.75) is 44.7 Å². The number of hydrogen-bond acceptors (Lipinski definition) is 3. The van der Waals surface area contributed by atoms with Crippen molar-refractivity contribution in [1.82, 2.24) is 9.88 Å². The zero-order valence-corrected chi connectivity index (χ0v) is 17.2. The molecular weight excluding hydrogens is 405 g/mol. The Morgan fingerprint density at radius 1 is 1.20 bits per heavy atom. The van der Waals surface area contributed by atoms with Crippen molar-refractivity contribution in [2.24, 2.45) is 0 Å². The molecule has 0 amide bonds. The summed E-state index contributed by atoms with van der Waals surface area (Å²) in [5.41, 5.74) is 0.643. The van der Waals surface area contributed by atoms with E-state index >= 15 is 4.39 Å². The maximum Gasteiger partial charge on any atom is 0.161 e. The molecular formula is C19H24BrClFN3. The number of anilines is 1. The summed E-state index contributed by atoms with van der Waals surface area (Å²) in [4.78, 5) is 8.66. The predicted molar refractivity (Wildman–Crippen MR) is 107 cm³/mol. The molecule has 0 N–H and O–H groups in total. The summed E-state index contributed by atoms with van der Waals surface area (Å²) in [7, 11) is 4.28. The molecule has 6 heteroatoms. The molecule has 1 aromatic heterocycles. The van der Waals surface area contributed by atoms with Crippen LogP contribution >= 0.6 is 27.5 Å². The summed E-state index contributed by atoms with van der Waals surface area (Å²) in [5, 5.41) is 2.02. The lowest BCUT2D eigenvalue weighted by molar-refractivity contribution is 0.214. The molecule has 0 bridgehead atoms. The molecule has 25 heavy (non-hydrogen) atoms. The van der Waals surface area contributed by atoms with E-state index in [0.29, 0.717) is 27.4 Å². The van der Waals surface area contributed by atoms with E-state index in [0.717, 1.165) is 43.0 Å². The van der Waals surface area contributed by atoms with Gasteiger partial charge in [0.2, 0.25) is 0 Å². The number of hydrogen-bond donors (Lipinski definition) is 0. The van der Waals surface area contributed by atoms with Gasteiger partial charge in [0.15, 0.2) is 5.82 Å². The number of rotatable bonds is 4. The lowest BCUT2D eigenvalue weighted by atomic mass is 9.89. The number of benzene rings is 1. The summed E-state index contributed by atoms with van der Waals surface area (Å²) in [6.07, 6.45) is 6.08. The highest BCUT2D eigenvalue weighted by molar-refractivity contribution is 9.10. The Morgan fingerprint density at radius 3 is 2.44 bits per heavy atom. The van der Waals surface area contributed by atoms with Gasteiger partial charge in [-0.15, -0.1) is 0 Å². The van der Waals surface area contributed by atoms with E-state index in [4.69, 9.17) is 11.6 Å². The van der Waals surface area contributed by atoms with Crippen LogP contribution in [0.25, 0.3) is 10.8 Å². The van der Waals surface area contributed by atoms with Crippen LogP contribution in [0.4, 0.5) is 10.1 Å². The molecule has 0 aliphatic heterocycles. The second-order valence-electron chi connectivity index (χ2n) is 6.93. The first-order chi connectivity index (χ1) is 11.9. The standard InChI is InChI=1S/C19H24BrClFN3/c1-4-25(13-7-5-12(6-8-13)24(2)3)18-14-9-10-23-19(21)15(14)11-16(20)17(18)22/h9-13H,4-8H2,1-3H3/t12-,13-. The maximum atomic E-state index is 15.1. The Bertz CT molecular complexity index is 760. The van der Waals surface area contributed by atoms with Crippen molar-refractivity contribution in [2.75, 3.05) is 25.5 Å². The van der Waals surface area contributed by atoms with Crippen molar-refractivity contribution in [3.8, 4) is 0 Å². The van der Waals surface area contributed by atoms with Gasteiger partial charge in [-0.05, 0) is 74.8 Å². The monoisotopic (exact) mass is 427 g/mol. The van der Waals surface area contributed by atoms with Gasteiger partial charge in [0, 0.05) is 35.6 Å². The highest BCUT2D eigenvalue weighted by Gasteiger charge is 2.29. The average Bonchev–Trinajstić information content (AvgIpc) is 2.60. The largest absolute Gasteiger partial charge is 0.366 e. The van der Waals surface area contributed by atoms with E-state index in [1.54, 1.807) is 12.3 Å². The summed E-state index contributed by atoms with van der Waals surface area (Å²) in [6.45, 7) is 2.85. The second-order valence-corrected chi connectivity index (χ2v) is 8.14. The lowest BCUT2D eigenvalue weighted by Gasteiger charge is -2.40. The third-order valence-corrected chi connectivity index (χ3v) is 6.23. The quantitative estimate of drug-likeness (QED) is 0.600. The van der Waals surface area contributed by atoms with Gasteiger partial charge in [-0.3, -0.25) is 0 Å². The molecule has 136 valence electrons. The van der Waals surface area contributed by atoms with Crippen LogP contribution in [0, 0.1) is 5.82 Å². The molecule has 1 heterocycles. The minimum absolute atomic E-state index is 0.216. The molecule has 1 aliphatic rings. The van der Waals surface area contributed by atoms with E-state index < -0.39 is 0 Å². The van der Waals surface area contributed by atoms with E-state index in [2.05, 4.69) is 51.7 Å². The fraction of sp³-hybridized carbons (Fsp3) is 0.526. The van der Waals surface area contributed by atoms with Gasteiger partial charge in [0.05, 0.1) is 10.2 Å². The minimum Gasteiger partial charge on any atom is -0.366 e. The van der Waals surface area contributed by atoms with Gasteiger partial charge in [0.1, 0.15) is 5.15 Å². The average molecular weight is 429 g/mol. The number of fused-ring (bicyclic) bond motifs is 1.